The summed E-state index contributed by atoms with van der Waals surface area (Å²) in [7, 11) is 0. The van der Waals surface area contributed by atoms with Gasteiger partial charge in [-0.25, -0.2) is 0 Å². The maximum Gasteiger partial charge on any atom is 0.255 e. The quantitative estimate of drug-likeness (QED) is 0.858. The zero-order valence-corrected chi connectivity index (χ0v) is 12.6. The number of hydrogen-bond donors (Lipinski definition) is 1. The van der Waals surface area contributed by atoms with Crippen LogP contribution in [0.25, 0.3) is 0 Å². The van der Waals surface area contributed by atoms with Crippen LogP contribution in [-0.2, 0) is 0 Å². The maximum absolute atomic E-state index is 12.2. The molecule has 1 aromatic rings. The lowest BCUT2D eigenvalue weighted by Crippen LogP contribution is -2.31. The molecule has 1 aromatic heterocycles. The summed E-state index contributed by atoms with van der Waals surface area (Å²) in [6, 6.07) is 0. The molecule has 0 saturated heterocycles. The molecule has 0 aromatic carbocycles. The van der Waals surface area contributed by atoms with Gasteiger partial charge in [-0.15, -0.1) is 11.6 Å². The Hall–Kier alpha value is -0.960. The molecule has 3 nitrogen and oxygen atoms in total. The summed E-state index contributed by atoms with van der Waals surface area (Å²) < 4.78 is 5.50. The Balaban J connectivity index is 1.98. The second-order valence-electron chi connectivity index (χ2n) is 5.53. The van der Waals surface area contributed by atoms with Crippen LogP contribution in [0.3, 0.4) is 0 Å². The predicted molar refractivity (Wildman–Crippen MR) is 76.8 cm³/mol. The van der Waals surface area contributed by atoms with E-state index in [2.05, 4.69) is 5.32 Å². The highest BCUT2D eigenvalue weighted by atomic mass is 35.5. The third-order valence-corrected chi connectivity index (χ3v) is 4.72. The van der Waals surface area contributed by atoms with Crippen molar-refractivity contribution in [3.05, 3.63) is 22.6 Å². The molecule has 0 spiro atoms. The Morgan fingerprint density at radius 3 is 2.53 bits per heavy atom. The first-order chi connectivity index (χ1) is 9.04. The first-order valence-electron chi connectivity index (χ1n) is 6.95. The van der Waals surface area contributed by atoms with E-state index in [1.807, 2.05) is 20.8 Å². The number of nitrogens with one attached hydrogen (secondary N) is 1. The summed E-state index contributed by atoms with van der Waals surface area (Å²) in [5.74, 6) is 3.27. The van der Waals surface area contributed by atoms with Gasteiger partial charge in [-0.3, -0.25) is 4.79 Å². The molecule has 1 aliphatic rings. The monoisotopic (exact) mass is 283 g/mol. The molecule has 2 unspecified atom stereocenters. The maximum atomic E-state index is 12.2. The number of furan rings is 1. The number of alkyl halides is 1. The van der Waals surface area contributed by atoms with E-state index in [1.165, 1.54) is 19.3 Å². The molecule has 19 heavy (non-hydrogen) atoms. The summed E-state index contributed by atoms with van der Waals surface area (Å²) in [6.07, 6.45) is 3.58. The molecule has 0 bridgehead atoms. The Morgan fingerprint density at radius 2 is 1.95 bits per heavy atom. The number of halogens is 1. The molecule has 1 aliphatic carbocycles. The fraction of sp³-hybridized carbons (Fsp3) is 0.667. The van der Waals surface area contributed by atoms with Crippen molar-refractivity contribution in [3.8, 4) is 0 Å². The fourth-order valence-electron chi connectivity index (χ4n) is 3.03. The van der Waals surface area contributed by atoms with Gasteiger partial charge in [0.05, 0.1) is 5.56 Å². The van der Waals surface area contributed by atoms with Gasteiger partial charge >= 0.3 is 0 Å². The average Bonchev–Trinajstić information content (AvgIpc) is 2.92. The van der Waals surface area contributed by atoms with Crippen molar-refractivity contribution in [2.24, 2.45) is 11.8 Å². The van der Waals surface area contributed by atoms with Crippen LogP contribution in [0, 0.1) is 32.6 Å². The van der Waals surface area contributed by atoms with E-state index in [0.29, 0.717) is 29.0 Å². The largest absolute Gasteiger partial charge is 0.466 e. The fourth-order valence-corrected chi connectivity index (χ4v) is 3.43. The lowest BCUT2D eigenvalue weighted by Gasteiger charge is -2.17. The van der Waals surface area contributed by atoms with Gasteiger partial charge in [0.25, 0.3) is 5.91 Å². The standard InChI is InChI=1S/C15H22ClNO2/c1-9-10(2)19-11(3)14(9)15(18)17-8-13-6-4-5-12(13)7-16/h12-13H,4-8H2,1-3H3,(H,17,18). The van der Waals surface area contributed by atoms with Crippen LogP contribution in [0.4, 0.5) is 0 Å². The summed E-state index contributed by atoms with van der Waals surface area (Å²) >= 11 is 5.96. The summed E-state index contributed by atoms with van der Waals surface area (Å²) in [5.41, 5.74) is 1.63. The lowest BCUT2D eigenvalue weighted by molar-refractivity contribution is 0.0942. The van der Waals surface area contributed by atoms with Gasteiger partial charge in [0.2, 0.25) is 0 Å². The van der Waals surface area contributed by atoms with Crippen molar-refractivity contribution in [3.63, 3.8) is 0 Å². The highest BCUT2D eigenvalue weighted by Crippen LogP contribution is 2.32. The van der Waals surface area contributed by atoms with Gasteiger partial charge in [0.1, 0.15) is 11.5 Å². The second kappa shape index (κ2) is 6.00. The van der Waals surface area contributed by atoms with Crippen LogP contribution in [-0.4, -0.2) is 18.3 Å². The average molecular weight is 284 g/mol. The molecule has 4 heteroatoms. The Morgan fingerprint density at radius 1 is 1.26 bits per heavy atom. The Labute approximate surface area is 119 Å². The zero-order valence-electron chi connectivity index (χ0n) is 11.9. The lowest BCUT2D eigenvalue weighted by atomic mass is 9.98. The van der Waals surface area contributed by atoms with E-state index in [0.717, 1.165) is 17.9 Å². The number of carbonyl (C=O) groups is 1. The molecular formula is C15H22ClNO2. The third kappa shape index (κ3) is 2.97. The van der Waals surface area contributed by atoms with Gasteiger partial charge < -0.3 is 9.73 Å². The van der Waals surface area contributed by atoms with E-state index in [1.54, 1.807) is 0 Å². The van der Waals surface area contributed by atoms with Crippen molar-refractivity contribution in [2.75, 3.05) is 12.4 Å². The van der Waals surface area contributed by atoms with E-state index in [4.69, 9.17) is 16.0 Å². The molecular weight excluding hydrogens is 262 g/mol. The highest BCUT2D eigenvalue weighted by molar-refractivity contribution is 6.18. The molecule has 1 amide bonds. The van der Waals surface area contributed by atoms with Gasteiger partial charge in [0, 0.05) is 18.0 Å². The second-order valence-corrected chi connectivity index (χ2v) is 5.84. The molecule has 2 atom stereocenters. The van der Waals surface area contributed by atoms with Crippen molar-refractivity contribution >= 4 is 17.5 Å². The minimum atomic E-state index is -0.0212. The SMILES string of the molecule is Cc1oc(C)c(C(=O)NCC2CCCC2CCl)c1C. The van der Waals surface area contributed by atoms with E-state index >= 15 is 0 Å². The van der Waals surface area contributed by atoms with Crippen LogP contribution >= 0.6 is 11.6 Å². The number of hydrogen-bond acceptors (Lipinski definition) is 2. The Kier molecular flexibility index (Phi) is 4.56. The first-order valence-corrected chi connectivity index (χ1v) is 7.48. The predicted octanol–water partition coefficient (Wildman–Crippen LogP) is 3.59. The van der Waals surface area contributed by atoms with E-state index < -0.39 is 0 Å². The number of carbonyl (C=O) groups excluding carboxylic acids is 1. The van der Waals surface area contributed by atoms with E-state index in [-0.39, 0.29) is 5.91 Å². The third-order valence-electron chi connectivity index (χ3n) is 4.33. The normalized spacial score (nSPS) is 22.7. The smallest absolute Gasteiger partial charge is 0.255 e. The molecule has 1 fully saturated rings. The zero-order chi connectivity index (χ0) is 14.0. The van der Waals surface area contributed by atoms with Crippen molar-refractivity contribution in [1.29, 1.82) is 0 Å². The van der Waals surface area contributed by atoms with E-state index in [9.17, 15) is 4.79 Å². The summed E-state index contributed by atoms with van der Waals surface area (Å²) in [5, 5.41) is 3.04. The molecule has 0 radical (unpaired) electrons. The molecule has 2 rings (SSSR count). The molecule has 106 valence electrons. The van der Waals surface area contributed by atoms with Gasteiger partial charge in [-0.2, -0.15) is 0 Å². The van der Waals surface area contributed by atoms with Crippen LogP contribution in [0.5, 0.6) is 0 Å². The van der Waals surface area contributed by atoms with Crippen LogP contribution < -0.4 is 5.32 Å². The molecule has 1 saturated carbocycles. The van der Waals surface area contributed by atoms with Crippen LogP contribution in [0.2, 0.25) is 0 Å². The van der Waals surface area contributed by atoms with Gasteiger partial charge in [-0.05, 0) is 45.4 Å². The molecule has 1 heterocycles. The molecule has 1 N–H and O–H groups in total. The number of amides is 1. The minimum Gasteiger partial charge on any atom is -0.466 e. The summed E-state index contributed by atoms with van der Waals surface area (Å²) in [6.45, 7) is 6.38. The first kappa shape index (κ1) is 14.4. The Bertz CT molecular complexity index is 467. The van der Waals surface area contributed by atoms with Gasteiger partial charge in [-0.1, -0.05) is 6.42 Å². The van der Waals surface area contributed by atoms with Crippen LogP contribution in [0.15, 0.2) is 4.42 Å². The topological polar surface area (TPSA) is 42.2 Å². The molecule has 0 aliphatic heterocycles. The summed E-state index contributed by atoms with van der Waals surface area (Å²) in [4.78, 5) is 12.2. The minimum absolute atomic E-state index is 0.0212. The van der Waals surface area contributed by atoms with Crippen molar-refractivity contribution in [1.82, 2.24) is 5.32 Å². The number of rotatable bonds is 4. The highest BCUT2D eigenvalue weighted by Gasteiger charge is 2.27. The number of aryl methyl sites for hydroxylation is 2. The van der Waals surface area contributed by atoms with Crippen molar-refractivity contribution < 1.29 is 9.21 Å². The van der Waals surface area contributed by atoms with Gasteiger partial charge in [0.15, 0.2) is 0 Å². The van der Waals surface area contributed by atoms with Crippen LogP contribution in [0.1, 0.15) is 46.7 Å². The van der Waals surface area contributed by atoms with Crippen molar-refractivity contribution in [2.45, 2.75) is 40.0 Å².